The minimum Gasteiger partial charge on any atom is -0.280 e. The number of nitrogens with zero attached hydrogens (tertiary/aromatic N) is 2. The van der Waals surface area contributed by atoms with Crippen LogP contribution in [0, 0.1) is 10.1 Å². The van der Waals surface area contributed by atoms with Crippen molar-refractivity contribution in [2.75, 3.05) is 10.1 Å². The van der Waals surface area contributed by atoms with Crippen LogP contribution in [0.1, 0.15) is 5.56 Å². The van der Waals surface area contributed by atoms with E-state index in [1.807, 2.05) is 30.3 Å². The molecule has 0 atom stereocenters. The van der Waals surface area contributed by atoms with E-state index in [0.717, 1.165) is 11.6 Å². The largest absolute Gasteiger partial charge is 0.295 e. The number of rotatable bonds is 8. The third-order valence-electron chi connectivity index (χ3n) is 4.05. The predicted molar refractivity (Wildman–Crippen MR) is 128 cm³/mol. The van der Waals surface area contributed by atoms with Crippen LogP contribution < -0.4 is 10.1 Å². The molecule has 164 valence electrons. The molecule has 0 radical (unpaired) electrons. The summed E-state index contributed by atoms with van der Waals surface area (Å²) in [6.07, 6.45) is 2.95. The maximum absolute atomic E-state index is 12.6. The lowest BCUT2D eigenvalue weighted by Gasteiger charge is -2.09. The van der Waals surface area contributed by atoms with Gasteiger partial charge in [0.1, 0.15) is 5.69 Å². The number of benzene rings is 3. The van der Waals surface area contributed by atoms with Crippen LogP contribution in [0.25, 0.3) is 6.08 Å². The topological polar surface area (TPSA) is 114 Å². The number of hydrogen-bond donors (Lipinski definition) is 2. The highest BCUT2D eigenvalue weighted by Crippen LogP contribution is 2.29. The van der Waals surface area contributed by atoms with Gasteiger partial charge in [0.05, 0.1) is 21.1 Å². The molecule has 11 heteroatoms. The Bertz CT molecular complexity index is 1280. The number of hydrazone groups is 1. The number of nitro benzene ring substituents is 1. The van der Waals surface area contributed by atoms with Gasteiger partial charge >= 0.3 is 0 Å². The zero-order chi connectivity index (χ0) is 23.1. The molecule has 0 aromatic heterocycles. The first-order valence-corrected chi connectivity index (χ1v) is 11.3. The summed E-state index contributed by atoms with van der Waals surface area (Å²) >= 11 is 11.9. The minimum atomic E-state index is -4.06. The molecule has 3 aromatic carbocycles. The molecular weight excluding hydrogens is 475 g/mol. The fourth-order valence-corrected chi connectivity index (χ4v) is 3.94. The van der Waals surface area contributed by atoms with Crippen LogP contribution >= 0.6 is 23.2 Å². The minimum absolute atomic E-state index is 0.000806. The average Bonchev–Trinajstić information content (AvgIpc) is 2.76. The van der Waals surface area contributed by atoms with Crippen LogP contribution in [-0.4, -0.2) is 19.6 Å². The van der Waals surface area contributed by atoms with Crippen molar-refractivity contribution in [3.05, 3.63) is 98.5 Å². The van der Waals surface area contributed by atoms with Gasteiger partial charge in [-0.25, -0.2) is 8.42 Å². The maximum Gasteiger partial charge on any atom is 0.295 e. The summed E-state index contributed by atoms with van der Waals surface area (Å²) in [7, 11) is -4.06. The summed E-state index contributed by atoms with van der Waals surface area (Å²) < 4.78 is 27.6. The Labute approximate surface area is 194 Å². The Kier molecular flexibility index (Phi) is 7.47. The Balaban J connectivity index is 1.79. The van der Waals surface area contributed by atoms with Gasteiger partial charge in [-0.3, -0.25) is 20.3 Å². The van der Waals surface area contributed by atoms with Crippen molar-refractivity contribution in [1.82, 2.24) is 0 Å². The molecule has 0 aliphatic rings. The number of halogens is 2. The second kappa shape index (κ2) is 10.3. The van der Waals surface area contributed by atoms with Crippen LogP contribution in [-0.2, 0) is 10.0 Å². The van der Waals surface area contributed by atoms with Gasteiger partial charge in [-0.1, -0.05) is 53.5 Å². The van der Waals surface area contributed by atoms with Crippen molar-refractivity contribution >= 4 is 62.6 Å². The molecule has 3 rings (SSSR count). The first-order valence-electron chi connectivity index (χ1n) is 9.03. The number of nitrogens with one attached hydrogen (secondary N) is 2. The quantitative estimate of drug-likeness (QED) is 0.238. The van der Waals surface area contributed by atoms with Crippen LogP contribution in [0.15, 0.2) is 87.8 Å². The SMILES string of the molecule is O=[N+]([O-])c1cc(S(=O)(=O)Nc2ccc(Cl)cc2)ccc1NN=CC(Cl)=Cc1ccccc1. The molecule has 0 aliphatic carbocycles. The van der Waals surface area contributed by atoms with Crippen molar-refractivity contribution in [3.8, 4) is 0 Å². The molecule has 3 aromatic rings. The average molecular weight is 491 g/mol. The van der Waals surface area contributed by atoms with Gasteiger partial charge in [-0.15, -0.1) is 0 Å². The maximum atomic E-state index is 12.6. The van der Waals surface area contributed by atoms with Crippen molar-refractivity contribution in [2.45, 2.75) is 4.90 Å². The number of allylic oxidation sites excluding steroid dienone is 1. The van der Waals surface area contributed by atoms with E-state index < -0.39 is 20.6 Å². The molecule has 0 spiro atoms. The van der Waals surface area contributed by atoms with E-state index in [1.54, 1.807) is 6.08 Å². The van der Waals surface area contributed by atoms with Gasteiger partial charge in [-0.2, -0.15) is 5.10 Å². The fourth-order valence-electron chi connectivity index (χ4n) is 2.57. The van der Waals surface area contributed by atoms with Crippen LogP contribution in [0.3, 0.4) is 0 Å². The smallest absolute Gasteiger partial charge is 0.280 e. The molecule has 0 aliphatic heterocycles. The van der Waals surface area contributed by atoms with E-state index in [1.165, 1.54) is 42.6 Å². The summed E-state index contributed by atoms with van der Waals surface area (Å²) in [5.74, 6) is 0. The molecule has 0 bridgehead atoms. The zero-order valence-corrected chi connectivity index (χ0v) is 18.6. The van der Waals surface area contributed by atoms with Crippen molar-refractivity contribution in [3.63, 3.8) is 0 Å². The normalized spacial score (nSPS) is 12.0. The molecular formula is C21H16Cl2N4O4S. The molecule has 0 saturated heterocycles. The summed E-state index contributed by atoms with van der Waals surface area (Å²) in [5, 5.41) is 16.1. The van der Waals surface area contributed by atoms with Crippen LogP contribution in [0.2, 0.25) is 5.02 Å². The highest BCUT2D eigenvalue weighted by molar-refractivity contribution is 7.92. The fraction of sp³-hybridized carbons (Fsp3) is 0. The molecule has 0 unspecified atom stereocenters. The molecule has 0 heterocycles. The molecule has 2 N–H and O–H groups in total. The molecule has 8 nitrogen and oxygen atoms in total. The van der Waals surface area contributed by atoms with E-state index in [4.69, 9.17) is 23.2 Å². The van der Waals surface area contributed by atoms with Gasteiger partial charge in [0.2, 0.25) is 0 Å². The standard InChI is InChI=1S/C21H16Cl2N4O4S/c22-16-6-8-18(9-7-16)26-32(30,31)19-10-11-20(21(13-19)27(28)29)25-24-14-17(23)12-15-4-2-1-3-5-15/h1-14,25-26H. The van der Waals surface area contributed by atoms with Gasteiger partial charge < -0.3 is 0 Å². The van der Waals surface area contributed by atoms with Crippen molar-refractivity contribution in [2.24, 2.45) is 5.10 Å². The number of anilines is 2. The first kappa shape index (κ1) is 23.3. The van der Waals surface area contributed by atoms with Gasteiger partial charge in [-0.05, 0) is 48.0 Å². The first-order chi connectivity index (χ1) is 15.2. The molecule has 0 saturated carbocycles. The lowest BCUT2D eigenvalue weighted by atomic mass is 10.2. The predicted octanol–water partition coefficient (Wildman–Crippen LogP) is 5.73. The number of hydrogen-bond acceptors (Lipinski definition) is 6. The molecule has 0 fully saturated rings. The van der Waals surface area contributed by atoms with E-state index >= 15 is 0 Å². The monoisotopic (exact) mass is 490 g/mol. The highest BCUT2D eigenvalue weighted by Gasteiger charge is 2.21. The Hall–Kier alpha value is -3.40. The second-order valence-electron chi connectivity index (χ2n) is 6.36. The third-order valence-corrected chi connectivity index (χ3v) is 5.89. The number of sulfonamides is 1. The van der Waals surface area contributed by atoms with E-state index in [-0.39, 0.29) is 21.3 Å². The highest BCUT2D eigenvalue weighted by atomic mass is 35.5. The number of nitro groups is 1. The molecule has 32 heavy (non-hydrogen) atoms. The van der Waals surface area contributed by atoms with Crippen molar-refractivity contribution < 1.29 is 13.3 Å². The summed E-state index contributed by atoms with van der Waals surface area (Å²) in [5.41, 5.74) is 3.18. The van der Waals surface area contributed by atoms with E-state index in [2.05, 4.69) is 15.2 Å². The van der Waals surface area contributed by atoms with Gasteiger partial charge in [0, 0.05) is 16.8 Å². The van der Waals surface area contributed by atoms with Crippen LogP contribution in [0.4, 0.5) is 17.1 Å². The zero-order valence-electron chi connectivity index (χ0n) is 16.3. The summed E-state index contributed by atoms with van der Waals surface area (Å²) in [4.78, 5) is 10.5. The van der Waals surface area contributed by atoms with E-state index in [0.29, 0.717) is 5.02 Å². The third kappa shape index (κ3) is 6.30. The second-order valence-corrected chi connectivity index (χ2v) is 8.91. The lowest BCUT2D eigenvalue weighted by molar-refractivity contribution is -0.384. The lowest BCUT2D eigenvalue weighted by Crippen LogP contribution is -2.13. The Morgan fingerprint density at radius 1 is 1.03 bits per heavy atom. The van der Waals surface area contributed by atoms with Gasteiger partial charge in [0.15, 0.2) is 0 Å². The summed E-state index contributed by atoms with van der Waals surface area (Å²) in [6.45, 7) is 0. The van der Waals surface area contributed by atoms with Crippen molar-refractivity contribution in [1.29, 1.82) is 0 Å². The summed E-state index contributed by atoms with van der Waals surface area (Å²) in [6, 6.07) is 18.7. The molecule has 0 amide bonds. The Morgan fingerprint density at radius 2 is 1.72 bits per heavy atom. The Morgan fingerprint density at radius 3 is 2.38 bits per heavy atom. The van der Waals surface area contributed by atoms with E-state index in [9.17, 15) is 18.5 Å². The van der Waals surface area contributed by atoms with Gasteiger partial charge in [0.25, 0.3) is 15.7 Å². The van der Waals surface area contributed by atoms with Crippen LogP contribution in [0.5, 0.6) is 0 Å².